The first kappa shape index (κ1) is 18.6. The van der Waals surface area contributed by atoms with E-state index in [9.17, 15) is 4.79 Å². The number of hydrogen-bond donors (Lipinski definition) is 0. The van der Waals surface area contributed by atoms with E-state index >= 15 is 0 Å². The van der Waals surface area contributed by atoms with Gasteiger partial charge in [0.2, 0.25) is 15.7 Å². The Bertz CT molecular complexity index is 572. The van der Waals surface area contributed by atoms with E-state index in [4.69, 9.17) is 4.43 Å². The fraction of sp³-hybridized carbons (Fsp3) is 0.647. The molecule has 1 fully saturated rings. The van der Waals surface area contributed by atoms with Crippen molar-refractivity contribution in [2.75, 3.05) is 0 Å². The van der Waals surface area contributed by atoms with Crippen molar-refractivity contribution < 1.29 is 9.22 Å². The molecule has 0 aliphatic carbocycles. The molecule has 1 aliphatic heterocycles. The molecule has 1 amide bonds. The monoisotopic (exact) mass is 396 g/mol. The first-order valence-electron chi connectivity index (χ1n) is 7.92. The molecular formula is C17H25BrN2O2Si. The summed E-state index contributed by atoms with van der Waals surface area (Å²) in [4.78, 5) is 18.5. The molecule has 126 valence electrons. The lowest BCUT2D eigenvalue weighted by molar-refractivity contribution is -0.132. The van der Waals surface area contributed by atoms with E-state index in [1.165, 1.54) is 0 Å². The molecule has 0 spiro atoms. The van der Waals surface area contributed by atoms with Gasteiger partial charge in [-0.05, 0) is 52.9 Å². The number of hydrogen-bond acceptors (Lipinski definition) is 3. The number of carbonyl (C=O) groups is 1. The average Bonchev–Trinajstić information content (AvgIpc) is 2.78. The summed E-state index contributed by atoms with van der Waals surface area (Å²) >= 11 is 3.44. The van der Waals surface area contributed by atoms with E-state index in [1.807, 2.05) is 17.2 Å². The van der Waals surface area contributed by atoms with Crippen molar-refractivity contribution in [2.45, 2.75) is 70.7 Å². The van der Waals surface area contributed by atoms with Crippen molar-refractivity contribution >= 4 is 31.6 Å². The largest absolute Gasteiger partial charge is 0.410 e. The van der Waals surface area contributed by atoms with E-state index in [0.29, 0.717) is 22.7 Å². The Balaban J connectivity index is 2.12. The second kappa shape index (κ2) is 7.03. The van der Waals surface area contributed by atoms with Crippen LogP contribution in [0.2, 0.25) is 5.04 Å². The lowest BCUT2D eigenvalue weighted by Crippen LogP contribution is -2.49. The lowest BCUT2D eigenvalue weighted by Gasteiger charge is -2.39. The number of nitrogens with zero attached hydrogens (tertiary/aromatic N) is 2. The van der Waals surface area contributed by atoms with Crippen LogP contribution in [0.1, 0.15) is 53.0 Å². The molecule has 1 atom stereocenters. The van der Waals surface area contributed by atoms with Gasteiger partial charge in [0.25, 0.3) is 0 Å². The van der Waals surface area contributed by atoms with E-state index in [2.05, 4.69) is 55.5 Å². The number of aromatic nitrogens is 1. The highest BCUT2D eigenvalue weighted by molar-refractivity contribution is 9.10. The lowest BCUT2D eigenvalue weighted by atomic mass is 9.96. The van der Waals surface area contributed by atoms with E-state index in [0.717, 1.165) is 16.5 Å². The summed E-state index contributed by atoms with van der Waals surface area (Å²) in [6, 6.07) is 2.12. The van der Waals surface area contributed by atoms with Crippen molar-refractivity contribution in [1.82, 2.24) is 9.88 Å². The zero-order chi connectivity index (χ0) is 17.3. The van der Waals surface area contributed by atoms with E-state index in [-0.39, 0.29) is 22.6 Å². The second-order valence-corrected chi connectivity index (χ2v) is 10.5. The van der Waals surface area contributed by atoms with Crippen molar-refractivity contribution in [3.05, 3.63) is 28.5 Å². The minimum Gasteiger partial charge on any atom is -0.410 e. The minimum atomic E-state index is -0.350. The Labute approximate surface area is 150 Å². The van der Waals surface area contributed by atoms with Gasteiger partial charge in [-0.3, -0.25) is 9.78 Å². The molecule has 2 heterocycles. The molecule has 0 aromatic carbocycles. The Morgan fingerprint density at radius 3 is 2.65 bits per heavy atom. The van der Waals surface area contributed by atoms with Crippen LogP contribution in [0.4, 0.5) is 0 Å². The average molecular weight is 397 g/mol. The van der Waals surface area contributed by atoms with Gasteiger partial charge >= 0.3 is 0 Å². The SMILES string of the molecule is CC(C)(C)[Si]OC(C)(C)[C@@H]1CCC(=O)N1Cc1cncc(Br)c1. The number of halogens is 1. The van der Waals surface area contributed by atoms with Gasteiger partial charge in [-0.15, -0.1) is 0 Å². The third-order valence-electron chi connectivity index (χ3n) is 3.87. The van der Waals surface area contributed by atoms with Crippen LogP contribution in [0.3, 0.4) is 0 Å². The maximum Gasteiger partial charge on any atom is 0.236 e. The minimum absolute atomic E-state index is 0.101. The summed E-state index contributed by atoms with van der Waals surface area (Å²) in [5.41, 5.74) is 0.686. The summed E-state index contributed by atoms with van der Waals surface area (Å²) in [6.07, 6.45) is 5.02. The summed E-state index contributed by atoms with van der Waals surface area (Å²) < 4.78 is 7.16. The van der Waals surface area contributed by atoms with Crippen LogP contribution in [0.25, 0.3) is 0 Å². The molecule has 4 nitrogen and oxygen atoms in total. The van der Waals surface area contributed by atoms with Gasteiger partial charge in [-0.1, -0.05) is 20.8 Å². The molecular weight excluding hydrogens is 372 g/mol. The van der Waals surface area contributed by atoms with Crippen LogP contribution in [-0.4, -0.2) is 37.2 Å². The first-order valence-corrected chi connectivity index (χ1v) is 9.63. The van der Waals surface area contributed by atoms with Crippen molar-refractivity contribution in [3.8, 4) is 0 Å². The number of rotatable bonds is 5. The van der Waals surface area contributed by atoms with Gasteiger partial charge in [0.15, 0.2) is 0 Å². The molecule has 2 radical (unpaired) electrons. The van der Waals surface area contributed by atoms with Crippen LogP contribution >= 0.6 is 15.9 Å². The van der Waals surface area contributed by atoms with Gasteiger partial charge in [0.05, 0.1) is 11.6 Å². The predicted molar refractivity (Wildman–Crippen MR) is 96.1 cm³/mol. The molecule has 1 aromatic heterocycles. The Kier molecular flexibility index (Phi) is 5.69. The summed E-state index contributed by atoms with van der Waals surface area (Å²) in [5.74, 6) is 0.200. The quantitative estimate of drug-likeness (QED) is 0.707. The normalized spacial score (nSPS) is 19.5. The molecule has 6 heteroatoms. The fourth-order valence-corrected chi connectivity index (χ4v) is 3.86. The number of pyridine rings is 1. The van der Waals surface area contributed by atoms with E-state index in [1.54, 1.807) is 6.20 Å². The highest BCUT2D eigenvalue weighted by Crippen LogP contribution is 2.33. The maximum atomic E-state index is 12.4. The molecule has 0 unspecified atom stereocenters. The maximum absolute atomic E-state index is 12.4. The zero-order valence-electron chi connectivity index (χ0n) is 14.5. The van der Waals surface area contributed by atoms with Crippen LogP contribution in [-0.2, 0) is 15.8 Å². The fourth-order valence-electron chi connectivity index (χ4n) is 2.75. The first-order chi connectivity index (χ1) is 10.6. The topological polar surface area (TPSA) is 42.4 Å². The summed E-state index contributed by atoms with van der Waals surface area (Å²) in [5, 5.41) is 0.138. The molecule has 0 bridgehead atoms. The van der Waals surface area contributed by atoms with Gasteiger partial charge < -0.3 is 9.33 Å². The Hall–Kier alpha value is -0.723. The zero-order valence-corrected chi connectivity index (χ0v) is 17.1. The standard InChI is InChI=1S/C17H25BrN2O2Si/c1-16(2,3)23-22-17(4,5)14-6-7-15(21)20(14)11-12-8-13(18)10-19-9-12/h8-10,14H,6-7,11H2,1-5H3/t14-/m0/s1. The van der Waals surface area contributed by atoms with E-state index < -0.39 is 0 Å². The third kappa shape index (κ3) is 5.13. The van der Waals surface area contributed by atoms with Gasteiger partial charge in [0.1, 0.15) is 0 Å². The van der Waals surface area contributed by atoms with Gasteiger partial charge in [0, 0.05) is 29.8 Å². The number of amides is 1. The molecule has 2 rings (SSSR count). The molecule has 1 aliphatic rings. The smallest absolute Gasteiger partial charge is 0.236 e. The predicted octanol–water partition coefficient (Wildman–Crippen LogP) is 3.97. The third-order valence-corrected chi connectivity index (χ3v) is 5.54. The molecule has 0 saturated carbocycles. The molecule has 23 heavy (non-hydrogen) atoms. The molecule has 0 N–H and O–H groups in total. The van der Waals surface area contributed by atoms with Crippen LogP contribution < -0.4 is 0 Å². The van der Waals surface area contributed by atoms with Crippen LogP contribution in [0, 0.1) is 0 Å². The Morgan fingerprint density at radius 2 is 2.04 bits per heavy atom. The van der Waals surface area contributed by atoms with Crippen molar-refractivity contribution in [3.63, 3.8) is 0 Å². The number of carbonyl (C=O) groups excluding carboxylic acids is 1. The summed E-state index contributed by atoms with van der Waals surface area (Å²) in [7, 11) is 0.410. The highest BCUT2D eigenvalue weighted by atomic mass is 79.9. The van der Waals surface area contributed by atoms with Gasteiger partial charge in [-0.25, -0.2) is 0 Å². The van der Waals surface area contributed by atoms with Crippen LogP contribution in [0.5, 0.6) is 0 Å². The highest BCUT2D eigenvalue weighted by Gasteiger charge is 2.42. The van der Waals surface area contributed by atoms with Crippen molar-refractivity contribution in [2.24, 2.45) is 0 Å². The van der Waals surface area contributed by atoms with Crippen molar-refractivity contribution in [1.29, 1.82) is 0 Å². The Morgan fingerprint density at radius 1 is 1.35 bits per heavy atom. The molecule has 1 saturated heterocycles. The summed E-state index contributed by atoms with van der Waals surface area (Å²) in [6.45, 7) is 11.3. The molecule has 1 aromatic rings. The van der Waals surface area contributed by atoms with Gasteiger partial charge in [-0.2, -0.15) is 0 Å². The van der Waals surface area contributed by atoms with Crippen LogP contribution in [0.15, 0.2) is 22.9 Å². The number of likely N-dealkylation sites (tertiary alicyclic amines) is 1. The second-order valence-electron chi connectivity index (χ2n) is 7.65.